The third kappa shape index (κ3) is 1.92. The van der Waals surface area contributed by atoms with Crippen LogP contribution in [0.25, 0.3) is 0 Å². The van der Waals surface area contributed by atoms with E-state index in [1.165, 1.54) is 11.0 Å². The number of amides is 1. The van der Waals surface area contributed by atoms with Gasteiger partial charge in [0.05, 0.1) is 5.69 Å². The number of carbonyl (C=O) groups excluding carboxylic acids is 1. The highest BCUT2D eigenvalue weighted by atomic mass is 19.1. The highest BCUT2D eigenvalue weighted by Crippen LogP contribution is 2.37. The molecule has 0 fully saturated rings. The van der Waals surface area contributed by atoms with Gasteiger partial charge in [-0.15, -0.1) is 0 Å². The summed E-state index contributed by atoms with van der Waals surface area (Å²) in [4.78, 5) is 13.2. The first kappa shape index (κ1) is 12.0. The largest absolute Gasteiger partial charge is 0.396 e. The SMILES string of the molecule is Cc1cc(F)c2c(c1)C(N)C(=O)N2CCCO. The molecule has 0 bridgehead atoms. The Hall–Kier alpha value is -1.46. The molecule has 0 saturated heterocycles. The molecule has 5 heteroatoms. The highest BCUT2D eigenvalue weighted by molar-refractivity contribution is 6.04. The zero-order chi connectivity index (χ0) is 12.6. The number of halogens is 1. The first-order chi connectivity index (χ1) is 8.06. The van der Waals surface area contributed by atoms with E-state index in [9.17, 15) is 9.18 Å². The van der Waals surface area contributed by atoms with Crippen molar-refractivity contribution in [1.29, 1.82) is 0 Å². The lowest BCUT2D eigenvalue weighted by Crippen LogP contribution is -2.33. The second-order valence-corrected chi connectivity index (χ2v) is 4.23. The van der Waals surface area contributed by atoms with Crippen molar-refractivity contribution in [2.45, 2.75) is 19.4 Å². The minimum absolute atomic E-state index is 0.0398. The summed E-state index contributed by atoms with van der Waals surface area (Å²) >= 11 is 0. The molecule has 1 aromatic rings. The van der Waals surface area contributed by atoms with Crippen molar-refractivity contribution in [3.05, 3.63) is 29.1 Å². The Kier molecular flexibility index (Phi) is 3.13. The van der Waals surface area contributed by atoms with Crippen molar-refractivity contribution in [2.75, 3.05) is 18.1 Å². The number of benzene rings is 1. The maximum absolute atomic E-state index is 13.9. The van der Waals surface area contributed by atoms with Crippen molar-refractivity contribution < 1.29 is 14.3 Å². The summed E-state index contributed by atoms with van der Waals surface area (Å²) in [6, 6.07) is 2.33. The molecule has 1 aliphatic rings. The normalized spacial score (nSPS) is 18.7. The molecule has 1 aliphatic heterocycles. The number of anilines is 1. The maximum Gasteiger partial charge on any atom is 0.248 e. The average molecular weight is 238 g/mol. The van der Waals surface area contributed by atoms with E-state index in [4.69, 9.17) is 10.8 Å². The Morgan fingerprint density at radius 2 is 2.24 bits per heavy atom. The molecular weight excluding hydrogens is 223 g/mol. The van der Waals surface area contributed by atoms with Crippen LogP contribution in [-0.2, 0) is 4.79 Å². The molecule has 0 aliphatic carbocycles. The molecule has 0 radical (unpaired) electrons. The zero-order valence-electron chi connectivity index (χ0n) is 9.61. The number of hydrogen-bond acceptors (Lipinski definition) is 3. The molecule has 1 unspecified atom stereocenters. The number of nitrogens with two attached hydrogens (primary N) is 1. The summed E-state index contributed by atoms with van der Waals surface area (Å²) < 4.78 is 13.9. The van der Waals surface area contributed by atoms with E-state index in [2.05, 4.69) is 0 Å². The Bertz CT molecular complexity index is 462. The molecule has 1 atom stereocenters. The topological polar surface area (TPSA) is 66.6 Å². The average Bonchev–Trinajstić information content (AvgIpc) is 2.51. The Balaban J connectivity index is 2.44. The number of aryl methyl sites for hydroxylation is 1. The van der Waals surface area contributed by atoms with Gasteiger partial charge in [0.25, 0.3) is 0 Å². The van der Waals surface area contributed by atoms with E-state index in [0.717, 1.165) is 5.56 Å². The fourth-order valence-corrected chi connectivity index (χ4v) is 2.15. The van der Waals surface area contributed by atoms with E-state index >= 15 is 0 Å². The lowest BCUT2D eigenvalue weighted by molar-refractivity contribution is -0.119. The minimum Gasteiger partial charge on any atom is -0.396 e. The molecule has 1 heterocycles. The molecule has 92 valence electrons. The predicted molar refractivity (Wildman–Crippen MR) is 62.1 cm³/mol. The van der Waals surface area contributed by atoms with Gasteiger partial charge in [-0.2, -0.15) is 0 Å². The lowest BCUT2D eigenvalue weighted by Gasteiger charge is -2.17. The minimum atomic E-state index is -0.793. The quantitative estimate of drug-likeness (QED) is 0.820. The molecule has 0 saturated carbocycles. The van der Waals surface area contributed by atoms with Crippen LogP contribution < -0.4 is 10.6 Å². The van der Waals surface area contributed by atoms with Gasteiger partial charge in [-0.3, -0.25) is 4.79 Å². The van der Waals surface area contributed by atoms with Crippen molar-refractivity contribution in [3.8, 4) is 0 Å². The van der Waals surface area contributed by atoms with Gasteiger partial charge in [0.2, 0.25) is 5.91 Å². The van der Waals surface area contributed by atoms with E-state index in [-0.39, 0.29) is 24.7 Å². The summed E-state index contributed by atoms with van der Waals surface area (Å²) in [5, 5.41) is 8.78. The molecule has 3 N–H and O–H groups in total. The van der Waals surface area contributed by atoms with Gasteiger partial charge in [0.1, 0.15) is 11.9 Å². The van der Waals surface area contributed by atoms with Gasteiger partial charge in [-0.1, -0.05) is 6.07 Å². The molecule has 2 rings (SSSR count). The van der Waals surface area contributed by atoms with Crippen LogP contribution in [0.3, 0.4) is 0 Å². The second-order valence-electron chi connectivity index (χ2n) is 4.23. The van der Waals surface area contributed by atoms with Crippen molar-refractivity contribution in [3.63, 3.8) is 0 Å². The third-order valence-electron chi connectivity index (χ3n) is 2.91. The summed E-state index contributed by atoms with van der Waals surface area (Å²) in [5.74, 6) is -0.739. The second kappa shape index (κ2) is 4.43. The number of fused-ring (bicyclic) bond motifs is 1. The Morgan fingerprint density at radius 1 is 1.53 bits per heavy atom. The third-order valence-corrected chi connectivity index (χ3v) is 2.91. The van der Waals surface area contributed by atoms with Crippen LogP contribution in [0.4, 0.5) is 10.1 Å². The van der Waals surface area contributed by atoms with E-state index in [1.54, 1.807) is 13.0 Å². The summed E-state index contributed by atoms with van der Waals surface area (Å²) in [7, 11) is 0. The van der Waals surface area contributed by atoms with Crippen LogP contribution in [-0.4, -0.2) is 24.2 Å². The molecular formula is C12H15FN2O2. The van der Waals surface area contributed by atoms with Crippen LogP contribution in [0.5, 0.6) is 0 Å². The van der Waals surface area contributed by atoms with Gasteiger partial charge in [-0.25, -0.2) is 4.39 Å². The van der Waals surface area contributed by atoms with Crippen LogP contribution >= 0.6 is 0 Å². The van der Waals surface area contributed by atoms with Gasteiger partial charge in [0, 0.05) is 18.7 Å². The van der Waals surface area contributed by atoms with Gasteiger partial charge >= 0.3 is 0 Å². The summed E-state index contributed by atoms with van der Waals surface area (Å²) in [6.07, 6.45) is 0.408. The van der Waals surface area contributed by atoms with Crippen molar-refractivity contribution >= 4 is 11.6 Å². The monoisotopic (exact) mass is 238 g/mol. The smallest absolute Gasteiger partial charge is 0.248 e. The Morgan fingerprint density at radius 3 is 2.88 bits per heavy atom. The number of nitrogens with zero attached hydrogens (tertiary/aromatic N) is 1. The predicted octanol–water partition coefficient (Wildman–Crippen LogP) is 0.863. The molecule has 1 aromatic carbocycles. The number of rotatable bonds is 3. The van der Waals surface area contributed by atoms with E-state index in [1.807, 2.05) is 0 Å². The van der Waals surface area contributed by atoms with Gasteiger partial charge < -0.3 is 15.7 Å². The first-order valence-corrected chi connectivity index (χ1v) is 5.54. The molecule has 4 nitrogen and oxygen atoms in total. The fraction of sp³-hybridized carbons (Fsp3) is 0.417. The first-order valence-electron chi connectivity index (χ1n) is 5.54. The highest BCUT2D eigenvalue weighted by Gasteiger charge is 2.36. The molecule has 1 amide bonds. The number of aliphatic hydroxyl groups is 1. The van der Waals surface area contributed by atoms with Crippen LogP contribution in [0.1, 0.15) is 23.6 Å². The van der Waals surface area contributed by atoms with Crippen molar-refractivity contribution in [1.82, 2.24) is 0 Å². The maximum atomic E-state index is 13.9. The van der Waals surface area contributed by atoms with Crippen LogP contribution in [0.15, 0.2) is 12.1 Å². The van der Waals surface area contributed by atoms with Gasteiger partial charge in [-0.05, 0) is 25.0 Å². The number of hydrogen-bond donors (Lipinski definition) is 2. The van der Waals surface area contributed by atoms with Gasteiger partial charge in [0.15, 0.2) is 0 Å². The fourth-order valence-electron chi connectivity index (χ4n) is 2.15. The summed E-state index contributed by atoms with van der Waals surface area (Å²) in [6.45, 7) is 2.01. The lowest BCUT2D eigenvalue weighted by atomic mass is 10.1. The number of carbonyl (C=O) groups is 1. The van der Waals surface area contributed by atoms with Crippen molar-refractivity contribution in [2.24, 2.45) is 5.73 Å². The standard InChI is InChI=1S/C12H15FN2O2/c1-7-5-8-10(14)12(17)15(3-2-4-16)11(8)9(13)6-7/h5-6,10,16H,2-4,14H2,1H3. The molecule has 0 spiro atoms. The van der Waals surface area contributed by atoms with Crippen LogP contribution in [0.2, 0.25) is 0 Å². The zero-order valence-corrected chi connectivity index (χ0v) is 9.61. The van der Waals surface area contributed by atoms with E-state index in [0.29, 0.717) is 12.0 Å². The number of aliphatic hydroxyl groups excluding tert-OH is 1. The van der Waals surface area contributed by atoms with E-state index < -0.39 is 11.9 Å². The summed E-state index contributed by atoms with van der Waals surface area (Å²) in [5.41, 5.74) is 7.31. The Labute approximate surface area is 98.8 Å². The molecule has 17 heavy (non-hydrogen) atoms. The van der Waals surface area contributed by atoms with Crippen LogP contribution in [0, 0.1) is 12.7 Å². The molecule has 0 aromatic heterocycles.